The summed E-state index contributed by atoms with van der Waals surface area (Å²) in [6, 6.07) is 13.0. The molecule has 7 nitrogen and oxygen atoms in total. The molecule has 1 saturated carbocycles. The molecule has 36 heavy (non-hydrogen) atoms. The van der Waals surface area contributed by atoms with Crippen molar-refractivity contribution in [2.75, 3.05) is 13.6 Å². The van der Waals surface area contributed by atoms with Crippen molar-refractivity contribution in [2.45, 2.75) is 75.9 Å². The molecule has 0 spiro atoms. The largest absolute Gasteiger partial charge is 0.352 e. The molecule has 0 bridgehead atoms. The predicted molar refractivity (Wildman–Crippen MR) is 142 cm³/mol. The predicted octanol–water partition coefficient (Wildman–Crippen LogP) is 4.53. The van der Waals surface area contributed by atoms with Gasteiger partial charge in [0.2, 0.25) is 21.8 Å². The van der Waals surface area contributed by atoms with E-state index in [1.54, 1.807) is 0 Å². The van der Waals surface area contributed by atoms with Gasteiger partial charge in [-0.3, -0.25) is 9.59 Å². The number of rotatable bonds is 10. The van der Waals surface area contributed by atoms with Gasteiger partial charge in [-0.15, -0.1) is 0 Å². The number of hydrogen-bond donors (Lipinski definition) is 1. The van der Waals surface area contributed by atoms with Crippen LogP contribution in [0.4, 0.5) is 0 Å². The van der Waals surface area contributed by atoms with Gasteiger partial charge in [0.15, 0.2) is 0 Å². The molecule has 2 amide bonds. The van der Waals surface area contributed by atoms with Crippen LogP contribution in [0, 0.1) is 6.92 Å². The Morgan fingerprint density at radius 1 is 1.03 bits per heavy atom. The number of aryl methyl sites for hydroxylation is 1. The monoisotopic (exact) mass is 533 g/mol. The smallest absolute Gasteiger partial charge is 0.243 e. The number of nitrogens with one attached hydrogen (secondary N) is 1. The molecule has 0 aromatic heterocycles. The summed E-state index contributed by atoms with van der Waals surface area (Å²) >= 11 is 5.90. The summed E-state index contributed by atoms with van der Waals surface area (Å²) in [5, 5.41) is 3.56. The average molecular weight is 534 g/mol. The molecule has 1 aliphatic carbocycles. The van der Waals surface area contributed by atoms with E-state index in [2.05, 4.69) is 5.32 Å². The van der Waals surface area contributed by atoms with Gasteiger partial charge in [-0.05, 0) is 56.0 Å². The molecule has 1 aliphatic rings. The van der Waals surface area contributed by atoms with Gasteiger partial charge in [0.25, 0.3) is 0 Å². The average Bonchev–Trinajstić information content (AvgIpc) is 2.86. The third-order valence-electron chi connectivity index (χ3n) is 6.69. The molecule has 3 rings (SSSR count). The van der Waals surface area contributed by atoms with E-state index in [0.717, 1.165) is 41.1 Å². The van der Waals surface area contributed by atoms with Gasteiger partial charge in [0, 0.05) is 24.7 Å². The zero-order chi connectivity index (χ0) is 26.3. The number of carbonyl (C=O) groups excluding carboxylic acids is 2. The van der Waals surface area contributed by atoms with Crippen LogP contribution in [-0.4, -0.2) is 55.1 Å². The summed E-state index contributed by atoms with van der Waals surface area (Å²) in [5.41, 5.74) is 1.97. The summed E-state index contributed by atoms with van der Waals surface area (Å²) in [7, 11) is -2.54. The van der Waals surface area contributed by atoms with Gasteiger partial charge < -0.3 is 10.2 Å². The fourth-order valence-electron chi connectivity index (χ4n) is 4.51. The van der Waals surface area contributed by atoms with E-state index < -0.39 is 22.0 Å². The summed E-state index contributed by atoms with van der Waals surface area (Å²) in [4.78, 5) is 28.5. The SMILES string of the molecule is CC[C@@H](C(=O)NC1CCCCC1)N(Cc1ccc(C)cc1)C(=O)CN(C)S(=O)(=O)c1ccc(Cl)cc1. The topological polar surface area (TPSA) is 86.8 Å². The molecule has 9 heteroatoms. The van der Waals surface area contributed by atoms with Crippen molar-refractivity contribution < 1.29 is 18.0 Å². The molecular formula is C27H36ClN3O4S. The van der Waals surface area contributed by atoms with Crippen LogP contribution in [0.5, 0.6) is 0 Å². The molecule has 0 heterocycles. The summed E-state index contributed by atoms with van der Waals surface area (Å²) in [6.45, 7) is 3.68. The first-order valence-electron chi connectivity index (χ1n) is 12.5. The maximum absolute atomic E-state index is 13.6. The van der Waals surface area contributed by atoms with E-state index in [1.165, 1.54) is 42.6 Å². The number of amides is 2. The third-order valence-corrected chi connectivity index (χ3v) is 8.76. The highest BCUT2D eigenvalue weighted by Gasteiger charge is 2.32. The van der Waals surface area contributed by atoms with Crippen LogP contribution in [0.1, 0.15) is 56.6 Å². The lowest BCUT2D eigenvalue weighted by molar-refractivity contribution is -0.141. The van der Waals surface area contributed by atoms with Crippen molar-refractivity contribution in [3.8, 4) is 0 Å². The van der Waals surface area contributed by atoms with Crippen LogP contribution >= 0.6 is 11.6 Å². The first-order chi connectivity index (χ1) is 17.1. The standard InChI is InChI=1S/C27H36ClN3O4S/c1-4-25(27(33)29-23-8-6-5-7-9-23)31(18-21-12-10-20(2)11-13-21)26(32)19-30(3)36(34,35)24-16-14-22(28)15-17-24/h10-17,23,25H,4-9,18-19H2,1-3H3,(H,29,33)/t25-/m0/s1. The Bertz CT molecular complexity index is 1130. The van der Waals surface area contributed by atoms with E-state index >= 15 is 0 Å². The van der Waals surface area contributed by atoms with Gasteiger partial charge in [0.1, 0.15) is 6.04 Å². The number of likely N-dealkylation sites (N-methyl/N-ethyl adjacent to an activating group) is 1. The van der Waals surface area contributed by atoms with Crippen LogP contribution < -0.4 is 5.32 Å². The van der Waals surface area contributed by atoms with Crippen molar-refractivity contribution in [3.05, 3.63) is 64.7 Å². The zero-order valence-corrected chi connectivity index (χ0v) is 22.8. The molecule has 2 aromatic rings. The van der Waals surface area contributed by atoms with Crippen LogP contribution in [0.2, 0.25) is 5.02 Å². The maximum atomic E-state index is 13.6. The number of halogens is 1. The molecule has 1 N–H and O–H groups in total. The third kappa shape index (κ3) is 7.31. The van der Waals surface area contributed by atoms with Crippen LogP contribution in [0.25, 0.3) is 0 Å². The van der Waals surface area contributed by atoms with E-state index in [-0.39, 0.29) is 29.9 Å². The highest BCUT2D eigenvalue weighted by Crippen LogP contribution is 2.21. The molecule has 0 aliphatic heterocycles. The second kappa shape index (κ2) is 12.7. The molecular weight excluding hydrogens is 498 g/mol. The lowest BCUT2D eigenvalue weighted by Gasteiger charge is -2.33. The highest BCUT2D eigenvalue weighted by molar-refractivity contribution is 7.89. The van der Waals surface area contributed by atoms with Gasteiger partial charge >= 0.3 is 0 Å². The van der Waals surface area contributed by atoms with Gasteiger partial charge in [0.05, 0.1) is 11.4 Å². The molecule has 2 aromatic carbocycles. The van der Waals surface area contributed by atoms with Crippen molar-refractivity contribution >= 4 is 33.4 Å². The number of carbonyl (C=O) groups is 2. The van der Waals surface area contributed by atoms with Gasteiger partial charge in [-0.25, -0.2) is 8.42 Å². The fraction of sp³-hybridized carbons (Fsp3) is 0.481. The van der Waals surface area contributed by atoms with E-state index in [9.17, 15) is 18.0 Å². The van der Waals surface area contributed by atoms with E-state index in [0.29, 0.717) is 11.4 Å². The number of hydrogen-bond acceptors (Lipinski definition) is 4. The molecule has 0 saturated heterocycles. The van der Waals surface area contributed by atoms with Gasteiger partial charge in [-0.2, -0.15) is 4.31 Å². The Labute approximate surface area is 219 Å². The Balaban J connectivity index is 1.82. The second-order valence-electron chi connectivity index (χ2n) is 9.49. The Kier molecular flexibility index (Phi) is 9.93. The van der Waals surface area contributed by atoms with E-state index in [1.807, 2.05) is 38.1 Å². The first-order valence-corrected chi connectivity index (χ1v) is 14.3. The van der Waals surface area contributed by atoms with Crippen molar-refractivity contribution in [1.82, 2.24) is 14.5 Å². The fourth-order valence-corrected chi connectivity index (χ4v) is 5.75. The molecule has 1 fully saturated rings. The van der Waals surface area contributed by atoms with Gasteiger partial charge in [-0.1, -0.05) is 67.6 Å². The highest BCUT2D eigenvalue weighted by atomic mass is 35.5. The number of sulfonamides is 1. The normalized spacial score (nSPS) is 15.5. The minimum atomic E-state index is -3.91. The summed E-state index contributed by atoms with van der Waals surface area (Å²) < 4.78 is 27.2. The Hall–Kier alpha value is -2.42. The molecule has 0 radical (unpaired) electrons. The molecule has 0 unspecified atom stereocenters. The van der Waals surface area contributed by atoms with Crippen LogP contribution in [-0.2, 0) is 26.2 Å². The summed E-state index contributed by atoms with van der Waals surface area (Å²) in [6.07, 6.45) is 5.65. The Morgan fingerprint density at radius 2 is 1.64 bits per heavy atom. The molecule has 1 atom stereocenters. The number of benzene rings is 2. The lowest BCUT2D eigenvalue weighted by atomic mass is 9.95. The maximum Gasteiger partial charge on any atom is 0.243 e. The molecule has 196 valence electrons. The zero-order valence-electron chi connectivity index (χ0n) is 21.2. The first kappa shape index (κ1) is 28.2. The van der Waals surface area contributed by atoms with Crippen LogP contribution in [0.15, 0.2) is 53.4 Å². The Morgan fingerprint density at radius 3 is 2.22 bits per heavy atom. The second-order valence-corrected chi connectivity index (χ2v) is 12.0. The summed E-state index contributed by atoms with van der Waals surface area (Å²) in [5.74, 6) is -0.616. The van der Waals surface area contributed by atoms with E-state index in [4.69, 9.17) is 11.6 Å². The minimum absolute atomic E-state index is 0.0503. The van der Waals surface area contributed by atoms with Crippen molar-refractivity contribution in [3.63, 3.8) is 0 Å². The lowest BCUT2D eigenvalue weighted by Crippen LogP contribution is -2.53. The quantitative estimate of drug-likeness (QED) is 0.486. The minimum Gasteiger partial charge on any atom is -0.352 e. The van der Waals surface area contributed by atoms with Crippen molar-refractivity contribution in [2.24, 2.45) is 0 Å². The van der Waals surface area contributed by atoms with Crippen molar-refractivity contribution in [1.29, 1.82) is 0 Å². The van der Waals surface area contributed by atoms with Crippen LogP contribution in [0.3, 0.4) is 0 Å². The number of nitrogens with zero attached hydrogens (tertiary/aromatic N) is 2.